The number of rotatable bonds is 8. The zero-order chi connectivity index (χ0) is 20.1. The lowest BCUT2D eigenvalue weighted by Crippen LogP contribution is -2.44. The van der Waals surface area contributed by atoms with Gasteiger partial charge in [-0.15, -0.1) is 0 Å². The lowest BCUT2D eigenvalue weighted by atomic mass is 9.69. The summed E-state index contributed by atoms with van der Waals surface area (Å²) < 4.78 is 0. The molecule has 0 amide bonds. The smallest absolute Gasteiger partial charge is 0.0486 e. The molecule has 4 rings (SSSR count). The van der Waals surface area contributed by atoms with E-state index in [1.165, 1.54) is 90.1 Å². The second kappa shape index (κ2) is 10.9. The predicted octanol–water partition coefficient (Wildman–Crippen LogP) is 3.96. The van der Waals surface area contributed by atoms with Crippen molar-refractivity contribution in [1.29, 1.82) is 0 Å². The van der Waals surface area contributed by atoms with E-state index in [0.29, 0.717) is 0 Å². The van der Waals surface area contributed by atoms with Gasteiger partial charge in [0.2, 0.25) is 0 Å². The Morgan fingerprint density at radius 3 is 2.55 bits per heavy atom. The fourth-order valence-electron chi connectivity index (χ4n) is 7.29. The fourth-order valence-corrected chi connectivity index (χ4v) is 7.29. The van der Waals surface area contributed by atoms with Crippen LogP contribution in [0, 0.1) is 29.6 Å². The van der Waals surface area contributed by atoms with E-state index < -0.39 is 0 Å². The Hall–Kier alpha value is -0.160. The van der Waals surface area contributed by atoms with Gasteiger partial charge in [-0.25, -0.2) is 0 Å². The number of fused-ring (bicyclic) bond motifs is 1. The van der Waals surface area contributed by atoms with Crippen LogP contribution in [-0.2, 0) is 0 Å². The first-order valence-corrected chi connectivity index (χ1v) is 13.1. The van der Waals surface area contributed by atoms with Crippen LogP contribution < -0.4 is 16.4 Å². The molecule has 4 heteroatoms. The molecule has 29 heavy (non-hydrogen) atoms. The van der Waals surface area contributed by atoms with Crippen molar-refractivity contribution in [2.24, 2.45) is 35.3 Å². The van der Waals surface area contributed by atoms with Crippen LogP contribution in [0.4, 0.5) is 0 Å². The minimum absolute atomic E-state index is 0.768. The third-order valence-corrected chi connectivity index (χ3v) is 9.06. The van der Waals surface area contributed by atoms with Crippen LogP contribution in [0.25, 0.3) is 0 Å². The van der Waals surface area contributed by atoms with Gasteiger partial charge in [0.1, 0.15) is 0 Å². The monoisotopic (exact) mass is 404 g/mol. The Labute approximate surface area is 180 Å². The SMILES string of the molecule is CC1CCCC(CCN2CNC3CCC(C4CCC(CNCCN)CC4)CC32)C1. The topological polar surface area (TPSA) is 53.3 Å². The standard InChI is InChI=1S/C25H48N4/c1-19-3-2-4-20(15-19)11-14-29-18-28-24-10-9-23(16-25(24)29)22-7-5-21(6-8-22)17-27-13-12-26/h19-25,27-28H,2-18,26H2,1H3. The molecule has 4 fully saturated rings. The van der Waals surface area contributed by atoms with Gasteiger partial charge in [0.25, 0.3) is 0 Å². The molecule has 0 spiro atoms. The quantitative estimate of drug-likeness (QED) is 0.536. The maximum atomic E-state index is 5.62. The van der Waals surface area contributed by atoms with E-state index >= 15 is 0 Å². The molecule has 1 aliphatic heterocycles. The lowest BCUT2D eigenvalue weighted by Gasteiger charge is -2.41. The Morgan fingerprint density at radius 2 is 1.76 bits per heavy atom. The Bertz CT molecular complexity index is 475. The van der Waals surface area contributed by atoms with Gasteiger partial charge in [-0.3, -0.25) is 10.2 Å². The molecule has 4 nitrogen and oxygen atoms in total. The van der Waals surface area contributed by atoms with Gasteiger partial charge in [-0.1, -0.05) is 26.2 Å². The summed E-state index contributed by atoms with van der Waals surface area (Å²) in [5, 5.41) is 7.41. The molecular weight excluding hydrogens is 356 g/mol. The van der Waals surface area contributed by atoms with Crippen LogP contribution in [0.5, 0.6) is 0 Å². The van der Waals surface area contributed by atoms with Gasteiger partial charge in [-0.2, -0.15) is 0 Å². The van der Waals surface area contributed by atoms with Gasteiger partial charge in [-0.05, 0) is 100 Å². The molecule has 0 aromatic rings. The van der Waals surface area contributed by atoms with E-state index in [1.807, 2.05) is 0 Å². The number of nitrogens with one attached hydrogen (secondary N) is 2. The van der Waals surface area contributed by atoms with Crippen LogP contribution in [0.3, 0.4) is 0 Å². The normalized spacial score (nSPS) is 41.4. The summed E-state index contributed by atoms with van der Waals surface area (Å²) in [6.45, 7) is 7.91. The average Bonchev–Trinajstić information content (AvgIpc) is 3.15. The van der Waals surface area contributed by atoms with Gasteiger partial charge >= 0.3 is 0 Å². The minimum atomic E-state index is 0.768. The van der Waals surface area contributed by atoms with Crippen molar-refractivity contribution in [1.82, 2.24) is 15.5 Å². The molecule has 3 aliphatic carbocycles. The average molecular weight is 405 g/mol. The number of nitrogens with two attached hydrogens (primary N) is 1. The summed E-state index contributed by atoms with van der Waals surface area (Å²) >= 11 is 0. The van der Waals surface area contributed by atoms with Gasteiger partial charge in [0.05, 0.1) is 0 Å². The third-order valence-electron chi connectivity index (χ3n) is 9.06. The largest absolute Gasteiger partial charge is 0.329 e. The van der Waals surface area contributed by atoms with Crippen LogP contribution >= 0.6 is 0 Å². The summed E-state index contributed by atoms with van der Waals surface area (Å²) in [5.41, 5.74) is 5.62. The van der Waals surface area contributed by atoms with Crippen molar-refractivity contribution >= 4 is 0 Å². The second-order valence-electron chi connectivity index (χ2n) is 11.1. The van der Waals surface area contributed by atoms with Crippen LogP contribution in [-0.4, -0.2) is 49.8 Å². The molecule has 0 aromatic heterocycles. The van der Waals surface area contributed by atoms with E-state index in [2.05, 4.69) is 22.5 Å². The van der Waals surface area contributed by atoms with Crippen molar-refractivity contribution in [2.75, 3.05) is 32.8 Å². The van der Waals surface area contributed by atoms with E-state index in [4.69, 9.17) is 5.73 Å². The molecule has 0 aromatic carbocycles. The first kappa shape index (κ1) is 22.0. The highest BCUT2D eigenvalue weighted by atomic mass is 15.3. The summed E-state index contributed by atoms with van der Waals surface area (Å²) in [4.78, 5) is 2.85. The molecule has 1 saturated heterocycles. The molecular formula is C25H48N4. The van der Waals surface area contributed by atoms with Crippen molar-refractivity contribution < 1.29 is 0 Å². The molecule has 168 valence electrons. The highest BCUT2D eigenvalue weighted by Gasteiger charge is 2.41. The Balaban J connectivity index is 1.21. The summed E-state index contributed by atoms with van der Waals surface area (Å²) in [6.07, 6.45) is 17.6. The Kier molecular flexibility index (Phi) is 8.31. The van der Waals surface area contributed by atoms with Gasteiger partial charge in [0.15, 0.2) is 0 Å². The molecule has 4 aliphatic rings. The fraction of sp³-hybridized carbons (Fsp3) is 1.00. The van der Waals surface area contributed by atoms with Crippen molar-refractivity contribution in [3.63, 3.8) is 0 Å². The van der Waals surface area contributed by atoms with Crippen molar-refractivity contribution in [3.05, 3.63) is 0 Å². The highest BCUT2D eigenvalue weighted by molar-refractivity contribution is 4.97. The molecule has 4 N–H and O–H groups in total. The summed E-state index contributed by atoms with van der Waals surface area (Å²) in [7, 11) is 0. The number of nitrogens with zero attached hydrogens (tertiary/aromatic N) is 1. The molecule has 5 atom stereocenters. The number of hydrogen-bond donors (Lipinski definition) is 3. The second-order valence-corrected chi connectivity index (χ2v) is 11.1. The van der Waals surface area contributed by atoms with Crippen molar-refractivity contribution in [3.8, 4) is 0 Å². The lowest BCUT2D eigenvalue weighted by molar-refractivity contribution is 0.105. The van der Waals surface area contributed by atoms with Crippen LogP contribution in [0.2, 0.25) is 0 Å². The third kappa shape index (κ3) is 5.96. The van der Waals surface area contributed by atoms with E-state index in [9.17, 15) is 0 Å². The zero-order valence-corrected chi connectivity index (χ0v) is 19.1. The van der Waals surface area contributed by atoms with E-state index in [-0.39, 0.29) is 0 Å². The van der Waals surface area contributed by atoms with Crippen LogP contribution in [0.15, 0.2) is 0 Å². The summed E-state index contributed by atoms with van der Waals surface area (Å²) in [6, 6.07) is 1.62. The van der Waals surface area contributed by atoms with Gasteiger partial charge < -0.3 is 11.1 Å². The molecule has 1 heterocycles. The maximum Gasteiger partial charge on any atom is 0.0486 e. The van der Waals surface area contributed by atoms with Crippen molar-refractivity contribution in [2.45, 2.75) is 96.1 Å². The first-order chi connectivity index (χ1) is 14.2. The predicted molar refractivity (Wildman–Crippen MR) is 123 cm³/mol. The van der Waals surface area contributed by atoms with Gasteiger partial charge in [0, 0.05) is 31.8 Å². The Morgan fingerprint density at radius 1 is 0.931 bits per heavy atom. The van der Waals surface area contributed by atoms with Crippen LogP contribution in [0.1, 0.15) is 84.0 Å². The minimum Gasteiger partial charge on any atom is -0.329 e. The molecule has 0 radical (unpaired) electrons. The molecule has 3 saturated carbocycles. The molecule has 0 bridgehead atoms. The highest BCUT2D eigenvalue weighted by Crippen LogP contribution is 2.42. The maximum absolute atomic E-state index is 5.62. The first-order valence-electron chi connectivity index (χ1n) is 13.1. The summed E-state index contributed by atoms with van der Waals surface area (Å²) in [5.74, 6) is 4.87. The molecule has 5 unspecified atom stereocenters. The van der Waals surface area contributed by atoms with E-state index in [1.54, 1.807) is 0 Å². The zero-order valence-electron chi connectivity index (χ0n) is 19.1. The van der Waals surface area contributed by atoms with E-state index in [0.717, 1.165) is 61.4 Å². The number of hydrogen-bond acceptors (Lipinski definition) is 4.